The SMILES string of the molecule is CC(O)=CC(=O)NCCCO. The average Bonchev–Trinajstić information content (AvgIpc) is 1.86. The van der Waals surface area contributed by atoms with Crippen LogP contribution in [0, 0.1) is 0 Å². The minimum atomic E-state index is -0.335. The second-order valence-corrected chi connectivity index (χ2v) is 2.15. The van der Waals surface area contributed by atoms with Gasteiger partial charge in [-0.05, 0) is 13.3 Å². The van der Waals surface area contributed by atoms with Crippen molar-refractivity contribution in [3.63, 3.8) is 0 Å². The minimum absolute atomic E-state index is 0.0218. The summed E-state index contributed by atoms with van der Waals surface area (Å²) >= 11 is 0. The van der Waals surface area contributed by atoms with Gasteiger partial charge in [0.1, 0.15) is 0 Å². The number of aliphatic hydroxyl groups excluding tert-OH is 2. The number of allylic oxidation sites excluding steroid dienone is 1. The second kappa shape index (κ2) is 5.73. The van der Waals surface area contributed by atoms with Crippen LogP contribution in [0.15, 0.2) is 11.8 Å². The molecule has 0 aromatic carbocycles. The van der Waals surface area contributed by atoms with E-state index in [4.69, 9.17) is 10.2 Å². The predicted molar refractivity (Wildman–Crippen MR) is 41.1 cm³/mol. The monoisotopic (exact) mass is 159 g/mol. The summed E-state index contributed by atoms with van der Waals surface area (Å²) < 4.78 is 0. The number of carbonyl (C=O) groups is 1. The molecule has 0 aliphatic heterocycles. The number of hydrogen-bond acceptors (Lipinski definition) is 3. The van der Waals surface area contributed by atoms with Gasteiger partial charge in [0.05, 0.1) is 5.76 Å². The van der Waals surface area contributed by atoms with Crippen LogP contribution in [-0.4, -0.2) is 29.3 Å². The van der Waals surface area contributed by atoms with Crippen molar-refractivity contribution in [2.45, 2.75) is 13.3 Å². The predicted octanol–water partition coefficient (Wildman–Crippen LogP) is -0.0532. The number of carbonyl (C=O) groups excluding carboxylic acids is 1. The van der Waals surface area contributed by atoms with Crippen molar-refractivity contribution in [1.29, 1.82) is 0 Å². The molecule has 0 aromatic rings. The van der Waals surface area contributed by atoms with Crippen LogP contribution in [0.25, 0.3) is 0 Å². The molecule has 1 amide bonds. The Morgan fingerprint density at radius 1 is 1.64 bits per heavy atom. The molecule has 0 heterocycles. The van der Waals surface area contributed by atoms with Crippen LogP contribution in [0.1, 0.15) is 13.3 Å². The molecule has 3 N–H and O–H groups in total. The van der Waals surface area contributed by atoms with Gasteiger partial charge in [-0.15, -0.1) is 0 Å². The molecule has 0 aliphatic rings. The van der Waals surface area contributed by atoms with E-state index < -0.39 is 0 Å². The molecule has 0 unspecified atom stereocenters. The van der Waals surface area contributed by atoms with Crippen LogP contribution >= 0.6 is 0 Å². The van der Waals surface area contributed by atoms with E-state index in [2.05, 4.69) is 5.32 Å². The first-order valence-corrected chi connectivity index (χ1v) is 3.42. The molecule has 0 rings (SSSR count). The maximum absolute atomic E-state index is 10.7. The van der Waals surface area contributed by atoms with E-state index in [1.165, 1.54) is 6.92 Å². The van der Waals surface area contributed by atoms with Gasteiger partial charge in [-0.25, -0.2) is 0 Å². The number of amides is 1. The lowest BCUT2D eigenvalue weighted by atomic mass is 10.4. The Balaban J connectivity index is 3.46. The van der Waals surface area contributed by atoms with Gasteiger partial charge in [0.25, 0.3) is 0 Å². The smallest absolute Gasteiger partial charge is 0.247 e. The Morgan fingerprint density at radius 2 is 2.27 bits per heavy atom. The zero-order valence-corrected chi connectivity index (χ0v) is 6.50. The van der Waals surface area contributed by atoms with E-state index in [-0.39, 0.29) is 18.3 Å². The van der Waals surface area contributed by atoms with Crippen molar-refractivity contribution in [3.8, 4) is 0 Å². The highest BCUT2D eigenvalue weighted by molar-refractivity contribution is 5.87. The van der Waals surface area contributed by atoms with E-state index in [9.17, 15) is 4.79 Å². The molecule has 0 spiro atoms. The van der Waals surface area contributed by atoms with Crippen molar-refractivity contribution in [1.82, 2.24) is 5.32 Å². The fraction of sp³-hybridized carbons (Fsp3) is 0.571. The van der Waals surface area contributed by atoms with Crippen molar-refractivity contribution in [2.75, 3.05) is 13.2 Å². The summed E-state index contributed by atoms with van der Waals surface area (Å²) in [4.78, 5) is 10.7. The zero-order valence-electron chi connectivity index (χ0n) is 6.50. The van der Waals surface area contributed by atoms with Gasteiger partial charge in [-0.3, -0.25) is 4.79 Å². The fourth-order valence-corrected chi connectivity index (χ4v) is 0.531. The zero-order chi connectivity index (χ0) is 8.69. The molecule has 4 nitrogen and oxygen atoms in total. The Bertz CT molecular complexity index is 150. The molecule has 11 heavy (non-hydrogen) atoms. The lowest BCUT2D eigenvalue weighted by Crippen LogP contribution is -2.23. The molecule has 64 valence electrons. The summed E-state index contributed by atoms with van der Waals surface area (Å²) in [6, 6.07) is 0. The third kappa shape index (κ3) is 6.86. The molecule has 0 radical (unpaired) electrons. The first-order valence-electron chi connectivity index (χ1n) is 3.42. The number of rotatable bonds is 4. The van der Waals surface area contributed by atoms with Gasteiger partial charge in [0.2, 0.25) is 5.91 Å². The quantitative estimate of drug-likeness (QED) is 0.306. The largest absolute Gasteiger partial charge is 0.512 e. The molecular formula is C7H13NO3. The standard InChI is InChI=1S/C7H13NO3/c1-6(10)5-7(11)8-3-2-4-9/h5,9-10H,2-4H2,1H3,(H,8,11). The van der Waals surface area contributed by atoms with E-state index in [0.717, 1.165) is 6.08 Å². The third-order valence-electron chi connectivity index (χ3n) is 0.974. The van der Waals surface area contributed by atoms with Crippen LogP contribution in [0.5, 0.6) is 0 Å². The summed E-state index contributed by atoms with van der Waals surface area (Å²) in [6.07, 6.45) is 1.63. The Hall–Kier alpha value is -1.03. The summed E-state index contributed by atoms with van der Waals surface area (Å²) in [5.74, 6) is -0.357. The van der Waals surface area contributed by atoms with Gasteiger partial charge in [0.15, 0.2) is 0 Å². The molecule has 0 bridgehead atoms. The van der Waals surface area contributed by atoms with E-state index in [1.54, 1.807) is 0 Å². The highest BCUT2D eigenvalue weighted by atomic mass is 16.3. The fourth-order valence-electron chi connectivity index (χ4n) is 0.531. The second-order valence-electron chi connectivity index (χ2n) is 2.15. The van der Waals surface area contributed by atoms with Gasteiger partial charge in [-0.1, -0.05) is 0 Å². The van der Waals surface area contributed by atoms with Crippen molar-refractivity contribution in [3.05, 3.63) is 11.8 Å². The topological polar surface area (TPSA) is 69.6 Å². The molecule has 0 aliphatic carbocycles. The summed E-state index contributed by atoms with van der Waals surface area (Å²) in [7, 11) is 0. The maximum Gasteiger partial charge on any atom is 0.247 e. The van der Waals surface area contributed by atoms with Crippen molar-refractivity contribution >= 4 is 5.91 Å². The van der Waals surface area contributed by atoms with Gasteiger partial charge < -0.3 is 15.5 Å². The first-order chi connectivity index (χ1) is 5.16. The van der Waals surface area contributed by atoms with E-state index >= 15 is 0 Å². The molecule has 0 aromatic heterocycles. The maximum atomic E-state index is 10.7. The van der Waals surface area contributed by atoms with E-state index in [1.807, 2.05) is 0 Å². The molecule has 0 fully saturated rings. The lowest BCUT2D eigenvalue weighted by Gasteiger charge is -1.98. The highest BCUT2D eigenvalue weighted by Crippen LogP contribution is 1.83. The van der Waals surface area contributed by atoms with Crippen molar-refractivity contribution < 1.29 is 15.0 Å². The minimum Gasteiger partial charge on any atom is -0.512 e. The summed E-state index contributed by atoms with van der Waals surface area (Å²) in [5.41, 5.74) is 0. The van der Waals surface area contributed by atoms with Crippen LogP contribution in [0.2, 0.25) is 0 Å². The Labute approximate surface area is 65.5 Å². The third-order valence-corrected chi connectivity index (χ3v) is 0.974. The van der Waals surface area contributed by atoms with E-state index in [0.29, 0.717) is 13.0 Å². The summed E-state index contributed by atoms with van der Waals surface area (Å²) in [6.45, 7) is 1.91. The number of aliphatic hydroxyl groups is 2. The van der Waals surface area contributed by atoms with Crippen LogP contribution in [0.4, 0.5) is 0 Å². The Kier molecular flexibility index (Phi) is 5.20. The number of nitrogens with one attached hydrogen (secondary N) is 1. The van der Waals surface area contributed by atoms with Gasteiger partial charge in [0, 0.05) is 19.2 Å². The molecule has 0 saturated heterocycles. The summed E-state index contributed by atoms with van der Waals surface area (Å²) in [5, 5.41) is 19.5. The van der Waals surface area contributed by atoms with Crippen LogP contribution in [0.3, 0.4) is 0 Å². The highest BCUT2D eigenvalue weighted by Gasteiger charge is 1.94. The van der Waals surface area contributed by atoms with Gasteiger partial charge >= 0.3 is 0 Å². The normalized spacial score (nSPS) is 11.3. The molecule has 4 heteroatoms. The van der Waals surface area contributed by atoms with Crippen LogP contribution < -0.4 is 5.32 Å². The molecular weight excluding hydrogens is 146 g/mol. The van der Waals surface area contributed by atoms with Crippen molar-refractivity contribution in [2.24, 2.45) is 0 Å². The average molecular weight is 159 g/mol. The molecule has 0 saturated carbocycles. The number of hydrogen-bond donors (Lipinski definition) is 3. The molecule has 0 atom stereocenters. The Morgan fingerprint density at radius 3 is 2.73 bits per heavy atom. The first kappa shape index (κ1) is 9.97. The van der Waals surface area contributed by atoms with Crippen LogP contribution in [-0.2, 0) is 4.79 Å². The van der Waals surface area contributed by atoms with Gasteiger partial charge in [-0.2, -0.15) is 0 Å². The lowest BCUT2D eigenvalue weighted by molar-refractivity contribution is -0.116.